The topological polar surface area (TPSA) is 95.3 Å². The van der Waals surface area contributed by atoms with Crippen molar-refractivity contribution < 1.29 is 19.7 Å². The predicted molar refractivity (Wildman–Crippen MR) is 96.3 cm³/mol. The molecule has 0 aliphatic heterocycles. The molecule has 2 aromatic carbocycles. The number of benzene rings is 2. The highest BCUT2D eigenvalue weighted by Gasteiger charge is 2.08. The summed E-state index contributed by atoms with van der Waals surface area (Å²) in [6, 6.07) is 10.2. The largest absolute Gasteiger partial charge is 0.504 e. The van der Waals surface area contributed by atoms with Crippen molar-refractivity contribution in [2.75, 3.05) is 19.5 Å². The lowest BCUT2D eigenvalue weighted by molar-refractivity contribution is 0.351. The second-order valence-electron chi connectivity index (χ2n) is 4.65. The van der Waals surface area contributed by atoms with E-state index in [4.69, 9.17) is 21.7 Å². The van der Waals surface area contributed by atoms with Crippen molar-refractivity contribution in [2.24, 2.45) is 5.10 Å². The first kappa shape index (κ1) is 17.4. The van der Waals surface area contributed by atoms with E-state index in [-0.39, 0.29) is 22.4 Å². The van der Waals surface area contributed by atoms with E-state index in [2.05, 4.69) is 15.8 Å². The number of hydrogen-bond acceptors (Lipinski definition) is 6. The molecule has 0 unspecified atom stereocenters. The van der Waals surface area contributed by atoms with Crippen molar-refractivity contribution in [3.8, 4) is 23.0 Å². The number of nitrogens with zero attached hydrogens (tertiary/aromatic N) is 1. The fourth-order valence-electron chi connectivity index (χ4n) is 1.87. The summed E-state index contributed by atoms with van der Waals surface area (Å²) in [5.41, 5.74) is 3.93. The molecule has 0 aliphatic carbocycles. The SMILES string of the molecule is COc1cccc(NC(=S)N/N=C/c2cc(O)c(O)c(OC)c2)c1. The molecule has 0 spiro atoms. The van der Waals surface area contributed by atoms with Gasteiger partial charge in [0.25, 0.3) is 0 Å². The minimum absolute atomic E-state index is 0.147. The summed E-state index contributed by atoms with van der Waals surface area (Å²) >= 11 is 5.14. The Balaban J connectivity index is 1.98. The van der Waals surface area contributed by atoms with Crippen molar-refractivity contribution >= 4 is 29.2 Å². The molecule has 0 aliphatic rings. The van der Waals surface area contributed by atoms with Gasteiger partial charge in [0.1, 0.15) is 5.75 Å². The van der Waals surface area contributed by atoms with Crippen LogP contribution in [0.4, 0.5) is 5.69 Å². The summed E-state index contributed by atoms with van der Waals surface area (Å²) in [7, 11) is 2.97. The third-order valence-corrected chi connectivity index (χ3v) is 3.20. The molecule has 0 saturated carbocycles. The highest BCUT2D eigenvalue weighted by Crippen LogP contribution is 2.35. The maximum absolute atomic E-state index is 9.60. The molecule has 0 bridgehead atoms. The van der Waals surface area contributed by atoms with Crippen molar-refractivity contribution in [1.82, 2.24) is 5.43 Å². The van der Waals surface area contributed by atoms with Gasteiger partial charge in [-0.05, 0) is 36.5 Å². The Morgan fingerprint density at radius 2 is 1.96 bits per heavy atom. The Morgan fingerprint density at radius 1 is 1.17 bits per heavy atom. The number of anilines is 1. The number of ether oxygens (including phenoxy) is 2. The van der Waals surface area contributed by atoms with E-state index in [9.17, 15) is 10.2 Å². The van der Waals surface area contributed by atoms with Gasteiger partial charge in [-0.15, -0.1) is 0 Å². The van der Waals surface area contributed by atoms with E-state index in [0.717, 1.165) is 5.69 Å². The van der Waals surface area contributed by atoms with Crippen molar-refractivity contribution in [1.29, 1.82) is 0 Å². The number of thiocarbonyl (C=S) groups is 1. The van der Waals surface area contributed by atoms with Crippen LogP contribution in [0.15, 0.2) is 41.5 Å². The fourth-order valence-corrected chi connectivity index (χ4v) is 2.04. The maximum Gasteiger partial charge on any atom is 0.200 e. The number of nitrogens with one attached hydrogen (secondary N) is 2. The standard InChI is InChI=1S/C16H17N3O4S/c1-22-12-5-3-4-11(8-12)18-16(24)19-17-9-10-6-13(20)15(21)14(7-10)23-2/h3-9,20-21H,1-2H3,(H2,18,19,24)/b17-9+. The third-order valence-electron chi connectivity index (χ3n) is 3.00. The number of hydrazone groups is 1. The van der Waals surface area contributed by atoms with Crippen molar-refractivity contribution in [3.05, 3.63) is 42.0 Å². The molecule has 0 heterocycles. The van der Waals surface area contributed by atoms with Crippen LogP contribution in [0.2, 0.25) is 0 Å². The molecular weight excluding hydrogens is 330 g/mol. The first-order valence-corrected chi connectivity index (χ1v) is 7.28. The molecule has 2 aromatic rings. The van der Waals surface area contributed by atoms with Crippen LogP contribution in [0.1, 0.15) is 5.56 Å². The Hall–Kier alpha value is -3.00. The van der Waals surface area contributed by atoms with Gasteiger partial charge in [0.2, 0.25) is 5.75 Å². The Kier molecular flexibility index (Phi) is 5.80. The van der Waals surface area contributed by atoms with E-state index in [0.29, 0.717) is 11.3 Å². The van der Waals surface area contributed by atoms with Gasteiger partial charge in [0.05, 0.1) is 20.4 Å². The average Bonchev–Trinajstić information content (AvgIpc) is 2.58. The van der Waals surface area contributed by atoms with Gasteiger partial charge in [-0.2, -0.15) is 5.10 Å². The maximum atomic E-state index is 9.60. The van der Waals surface area contributed by atoms with Gasteiger partial charge in [-0.25, -0.2) is 0 Å². The number of hydrogen-bond donors (Lipinski definition) is 4. The minimum atomic E-state index is -0.321. The van der Waals surface area contributed by atoms with Gasteiger partial charge in [0.15, 0.2) is 16.6 Å². The van der Waals surface area contributed by atoms with E-state index in [1.165, 1.54) is 25.5 Å². The van der Waals surface area contributed by atoms with E-state index < -0.39 is 0 Å². The predicted octanol–water partition coefficient (Wildman–Crippen LogP) is 2.44. The number of phenols is 2. The first-order valence-electron chi connectivity index (χ1n) is 6.87. The van der Waals surface area contributed by atoms with Crippen LogP contribution in [0.3, 0.4) is 0 Å². The highest BCUT2D eigenvalue weighted by molar-refractivity contribution is 7.80. The normalized spacial score (nSPS) is 10.4. The zero-order valence-corrected chi connectivity index (χ0v) is 13.9. The first-order chi connectivity index (χ1) is 11.5. The Labute approximate surface area is 144 Å². The summed E-state index contributed by atoms with van der Waals surface area (Å²) in [4.78, 5) is 0. The molecule has 4 N–H and O–H groups in total. The fraction of sp³-hybridized carbons (Fsp3) is 0.125. The van der Waals surface area contributed by atoms with Crippen molar-refractivity contribution in [2.45, 2.75) is 0 Å². The molecule has 126 valence electrons. The Morgan fingerprint density at radius 3 is 2.67 bits per heavy atom. The number of methoxy groups -OCH3 is 2. The van der Waals surface area contributed by atoms with Crippen molar-refractivity contribution in [3.63, 3.8) is 0 Å². The zero-order valence-electron chi connectivity index (χ0n) is 13.1. The Bertz CT molecular complexity index is 765. The second kappa shape index (κ2) is 8.02. The van der Waals surface area contributed by atoms with Crippen LogP contribution >= 0.6 is 12.2 Å². The molecule has 0 aromatic heterocycles. The summed E-state index contributed by atoms with van der Waals surface area (Å²) in [6.45, 7) is 0. The zero-order chi connectivity index (χ0) is 17.5. The van der Waals surface area contributed by atoms with Gasteiger partial charge >= 0.3 is 0 Å². The van der Waals surface area contributed by atoms with Crippen LogP contribution in [-0.2, 0) is 0 Å². The van der Waals surface area contributed by atoms with Crippen LogP contribution in [0.25, 0.3) is 0 Å². The molecule has 7 nitrogen and oxygen atoms in total. The lowest BCUT2D eigenvalue weighted by Crippen LogP contribution is -2.23. The average molecular weight is 347 g/mol. The molecule has 0 atom stereocenters. The summed E-state index contributed by atoms with van der Waals surface area (Å²) in [5.74, 6) is 0.234. The van der Waals surface area contributed by atoms with Crippen LogP contribution in [0.5, 0.6) is 23.0 Å². The molecule has 8 heteroatoms. The van der Waals surface area contributed by atoms with E-state index in [1.54, 1.807) is 13.2 Å². The molecule has 0 amide bonds. The summed E-state index contributed by atoms with van der Waals surface area (Å²) in [6.07, 6.45) is 1.43. The summed E-state index contributed by atoms with van der Waals surface area (Å²) < 4.78 is 10.1. The summed E-state index contributed by atoms with van der Waals surface area (Å²) in [5, 5.41) is 26.4. The van der Waals surface area contributed by atoms with E-state index in [1.807, 2.05) is 18.2 Å². The second-order valence-corrected chi connectivity index (χ2v) is 5.06. The minimum Gasteiger partial charge on any atom is -0.504 e. The smallest absolute Gasteiger partial charge is 0.200 e. The third kappa shape index (κ3) is 4.50. The molecule has 0 radical (unpaired) electrons. The molecule has 24 heavy (non-hydrogen) atoms. The van der Waals surface area contributed by atoms with Gasteiger partial charge in [-0.1, -0.05) is 6.07 Å². The molecular formula is C16H17N3O4S. The quantitative estimate of drug-likeness (QED) is 0.286. The number of phenolic OH excluding ortho intramolecular Hbond substituents is 2. The number of aromatic hydroxyl groups is 2. The molecule has 0 fully saturated rings. The van der Waals surface area contributed by atoms with Crippen LogP contribution < -0.4 is 20.2 Å². The van der Waals surface area contributed by atoms with Gasteiger partial charge in [0, 0.05) is 17.3 Å². The van der Waals surface area contributed by atoms with E-state index >= 15 is 0 Å². The van der Waals surface area contributed by atoms with Crippen LogP contribution in [0, 0.1) is 0 Å². The highest BCUT2D eigenvalue weighted by atomic mass is 32.1. The molecule has 2 rings (SSSR count). The lowest BCUT2D eigenvalue weighted by atomic mass is 10.2. The van der Waals surface area contributed by atoms with Gasteiger partial charge in [-0.3, -0.25) is 5.43 Å². The monoisotopic (exact) mass is 347 g/mol. The lowest BCUT2D eigenvalue weighted by Gasteiger charge is -2.08. The molecule has 0 saturated heterocycles. The van der Waals surface area contributed by atoms with Crippen LogP contribution in [-0.4, -0.2) is 35.8 Å². The van der Waals surface area contributed by atoms with Gasteiger partial charge < -0.3 is 25.0 Å². The number of rotatable bonds is 5.